The van der Waals surface area contributed by atoms with Crippen molar-refractivity contribution in [2.45, 2.75) is 39.0 Å². The van der Waals surface area contributed by atoms with Crippen LogP contribution in [0.25, 0.3) is 0 Å². The lowest BCUT2D eigenvalue weighted by Crippen LogP contribution is -2.50. The maximum atomic E-state index is 5.91. The molecule has 0 amide bonds. The molecule has 0 aromatic carbocycles. The van der Waals surface area contributed by atoms with Crippen LogP contribution in [-0.4, -0.2) is 36.7 Å². The maximum Gasteiger partial charge on any atom is 0.122 e. The van der Waals surface area contributed by atoms with E-state index in [1.165, 1.54) is 0 Å². The Morgan fingerprint density at radius 3 is 2.82 bits per heavy atom. The largest absolute Gasteiger partial charge is 0.465 e. The van der Waals surface area contributed by atoms with E-state index in [2.05, 4.69) is 18.7 Å². The second-order valence-electron chi connectivity index (χ2n) is 4.89. The van der Waals surface area contributed by atoms with Gasteiger partial charge < -0.3 is 14.9 Å². The first kappa shape index (κ1) is 12.6. The van der Waals surface area contributed by atoms with Gasteiger partial charge in [-0.3, -0.25) is 4.90 Å². The summed E-state index contributed by atoms with van der Waals surface area (Å²) in [5.74, 6) is 1.90. The van der Waals surface area contributed by atoms with Crippen LogP contribution in [0.5, 0.6) is 0 Å². The standard InChI is InChI=1S/C13H22N2O2/c1-9-8-16-11(3)7-15(9)12(6-14)13-5-4-10(2)17-13/h4-5,9,11-12H,6-8,14H2,1-3H3. The van der Waals surface area contributed by atoms with Gasteiger partial charge in [0, 0.05) is 19.1 Å². The summed E-state index contributed by atoms with van der Waals surface area (Å²) in [6.07, 6.45) is 0.260. The number of morpholine rings is 1. The second kappa shape index (κ2) is 5.21. The number of furan rings is 1. The summed E-state index contributed by atoms with van der Waals surface area (Å²) in [5, 5.41) is 0. The summed E-state index contributed by atoms with van der Waals surface area (Å²) in [7, 11) is 0. The molecular formula is C13H22N2O2. The third kappa shape index (κ3) is 2.70. The van der Waals surface area contributed by atoms with Crippen LogP contribution in [0.1, 0.15) is 31.4 Å². The molecule has 0 saturated carbocycles. The third-order valence-corrected chi connectivity index (χ3v) is 3.37. The minimum absolute atomic E-state index is 0.157. The molecule has 1 aromatic rings. The third-order valence-electron chi connectivity index (χ3n) is 3.37. The van der Waals surface area contributed by atoms with Gasteiger partial charge in [0.1, 0.15) is 11.5 Å². The molecule has 17 heavy (non-hydrogen) atoms. The molecule has 2 heterocycles. The normalized spacial score (nSPS) is 28.2. The number of rotatable bonds is 3. The van der Waals surface area contributed by atoms with Crippen LogP contribution in [0, 0.1) is 6.92 Å². The number of hydrogen-bond donors (Lipinski definition) is 1. The predicted molar refractivity (Wildman–Crippen MR) is 66.8 cm³/mol. The number of ether oxygens (including phenoxy) is 1. The van der Waals surface area contributed by atoms with Gasteiger partial charge in [0.25, 0.3) is 0 Å². The van der Waals surface area contributed by atoms with Crippen molar-refractivity contribution in [1.82, 2.24) is 4.90 Å². The molecular weight excluding hydrogens is 216 g/mol. The highest BCUT2D eigenvalue weighted by atomic mass is 16.5. The van der Waals surface area contributed by atoms with Crippen LogP contribution in [-0.2, 0) is 4.74 Å². The minimum atomic E-state index is 0.157. The molecule has 3 atom stereocenters. The number of nitrogens with two attached hydrogens (primary N) is 1. The SMILES string of the molecule is Cc1ccc(C(CN)N2CC(C)OCC2C)o1. The molecule has 3 unspecified atom stereocenters. The highest BCUT2D eigenvalue weighted by molar-refractivity contribution is 5.11. The average molecular weight is 238 g/mol. The quantitative estimate of drug-likeness (QED) is 0.870. The molecule has 1 aromatic heterocycles. The van der Waals surface area contributed by atoms with Crippen LogP contribution in [0.3, 0.4) is 0 Å². The first-order chi connectivity index (χ1) is 8.11. The van der Waals surface area contributed by atoms with E-state index in [-0.39, 0.29) is 12.1 Å². The molecule has 0 aliphatic carbocycles. The van der Waals surface area contributed by atoms with Crippen molar-refractivity contribution in [2.75, 3.05) is 19.7 Å². The molecule has 1 fully saturated rings. The van der Waals surface area contributed by atoms with Crippen LogP contribution in [0.15, 0.2) is 16.5 Å². The van der Waals surface area contributed by atoms with Gasteiger partial charge >= 0.3 is 0 Å². The fourth-order valence-corrected chi connectivity index (χ4v) is 2.41. The zero-order valence-corrected chi connectivity index (χ0v) is 10.8. The molecule has 2 N–H and O–H groups in total. The van der Waals surface area contributed by atoms with Crippen molar-refractivity contribution in [3.8, 4) is 0 Å². The van der Waals surface area contributed by atoms with Gasteiger partial charge in [-0.25, -0.2) is 0 Å². The molecule has 2 rings (SSSR count). The highest BCUT2D eigenvalue weighted by Gasteiger charge is 2.31. The Morgan fingerprint density at radius 2 is 2.24 bits per heavy atom. The highest BCUT2D eigenvalue weighted by Crippen LogP contribution is 2.26. The van der Waals surface area contributed by atoms with Crippen molar-refractivity contribution in [1.29, 1.82) is 0 Å². The van der Waals surface area contributed by atoms with Gasteiger partial charge in [-0.2, -0.15) is 0 Å². The van der Waals surface area contributed by atoms with Gasteiger partial charge in [-0.15, -0.1) is 0 Å². The molecule has 0 bridgehead atoms. The van der Waals surface area contributed by atoms with E-state index in [0.29, 0.717) is 12.6 Å². The Hall–Kier alpha value is -0.840. The summed E-state index contributed by atoms with van der Waals surface area (Å²) in [5.41, 5.74) is 5.91. The predicted octanol–water partition coefficient (Wildman–Crippen LogP) is 1.70. The summed E-state index contributed by atoms with van der Waals surface area (Å²) >= 11 is 0. The first-order valence-corrected chi connectivity index (χ1v) is 6.25. The Bertz CT molecular complexity index is 364. The Morgan fingerprint density at radius 1 is 1.47 bits per heavy atom. The number of hydrogen-bond acceptors (Lipinski definition) is 4. The van der Waals surface area contributed by atoms with E-state index >= 15 is 0 Å². The van der Waals surface area contributed by atoms with E-state index in [1.807, 2.05) is 19.1 Å². The van der Waals surface area contributed by atoms with E-state index < -0.39 is 0 Å². The van der Waals surface area contributed by atoms with E-state index in [1.54, 1.807) is 0 Å². The first-order valence-electron chi connectivity index (χ1n) is 6.25. The lowest BCUT2D eigenvalue weighted by Gasteiger charge is -2.40. The fraction of sp³-hybridized carbons (Fsp3) is 0.692. The summed E-state index contributed by atoms with van der Waals surface area (Å²) in [6, 6.07) is 4.56. The van der Waals surface area contributed by atoms with Crippen LogP contribution in [0.4, 0.5) is 0 Å². The van der Waals surface area contributed by atoms with Gasteiger partial charge in [-0.05, 0) is 32.9 Å². The van der Waals surface area contributed by atoms with E-state index in [0.717, 1.165) is 24.7 Å². The molecule has 0 spiro atoms. The van der Waals surface area contributed by atoms with Gasteiger partial charge in [0.05, 0.1) is 18.8 Å². The molecule has 4 nitrogen and oxygen atoms in total. The van der Waals surface area contributed by atoms with Crippen LogP contribution >= 0.6 is 0 Å². The van der Waals surface area contributed by atoms with Crippen LogP contribution < -0.4 is 5.73 Å². The van der Waals surface area contributed by atoms with Gasteiger partial charge in [-0.1, -0.05) is 0 Å². The van der Waals surface area contributed by atoms with Crippen molar-refractivity contribution in [2.24, 2.45) is 5.73 Å². The van der Waals surface area contributed by atoms with Crippen molar-refractivity contribution >= 4 is 0 Å². The second-order valence-corrected chi connectivity index (χ2v) is 4.89. The van der Waals surface area contributed by atoms with Gasteiger partial charge in [0.2, 0.25) is 0 Å². The summed E-state index contributed by atoms with van der Waals surface area (Å²) in [6.45, 7) is 8.47. The number of nitrogens with zero attached hydrogens (tertiary/aromatic N) is 1. The molecule has 1 saturated heterocycles. The summed E-state index contributed by atoms with van der Waals surface area (Å²) in [4.78, 5) is 2.38. The van der Waals surface area contributed by atoms with Crippen molar-refractivity contribution in [3.05, 3.63) is 23.7 Å². The maximum absolute atomic E-state index is 5.91. The molecule has 1 aliphatic rings. The molecule has 0 radical (unpaired) electrons. The fourth-order valence-electron chi connectivity index (χ4n) is 2.41. The smallest absolute Gasteiger partial charge is 0.122 e. The Kier molecular flexibility index (Phi) is 3.86. The van der Waals surface area contributed by atoms with Crippen LogP contribution in [0.2, 0.25) is 0 Å². The lowest BCUT2D eigenvalue weighted by molar-refractivity contribution is -0.0682. The Labute approximate surface area is 103 Å². The number of aryl methyl sites for hydroxylation is 1. The van der Waals surface area contributed by atoms with E-state index in [9.17, 15) is 0 Å². The molecule has 96 valence electrons. The zero-order valence-electron chi connectivity index (χ0n) is 10.8. The topological polar surface area (TPSA) is 51.6 Å². The van der Waals surface area contributed by atoms with Gasteiger partial charge in [0.15, 0.2) is 0 Å². The molecule has 4 heteroatoms. The van der Waals surface area contributed by atoms with Crippen molar-refractivity contribution < 1.29 is 9.15 Å². The van der Waals surface area contributed by atoms with E-state index in [4.69, 9.17) is 14.9 Å². The zero-order chi connectivity index (χ0) is 12.4. The molecule has 1 aliphatic heterocycles. The minimum Gasteiger partial charge on any atom is -0.465 e. The Balaban J connectivity index is 2.16. The summed E-state index contributed by atoms with van der Waals surface area (Å²) < 4.78 is 11.4. The van der Waals surface area contributed by atoms with Crippen molar-refractivity contribution in [3.63, 3.8) is 0 Å². The lowest BCUT2D eigenvalue weighted by atomic mass is 10.1. The average Bonchev–Trinajstić information content (AvgIpc) is 2.71. The monoisotopic (exact) mass is 238 g/mol.